The van der Waals surface area contributed by atoms with Crippen LogP contribution in [0.4, 0.5) is 0 Å². The SMILES string of the molecule is C=C(C)CCC1CC2(CC=C(C)C)C(=O)C(=C(O)c3ccccc3)C(=O)C3(CC=C(C)C)CC1(C)OC23O. The van der Waals surface area contributed by atoms with E-state index in [0.717, 1.165) is 29.6 Å². The maximum absolute atomic E-state index is 14.6. The summed E-state index contributed by atoms with van der Waals surface area (Å²) in [5.74, 6) is -3.45. The molecule has 2 saturated heterocycles. The molecule has 2 aliphatic heterocycles. The van der Waals surface area contributed by atoms with E-state index < -0.39 is 33.8 Å². The van der Waals surface area contributed by atoms with Gasteiger partial charge in [0, 0.05) is 5.56 Å². The Morgan fingerprint density at radius 2 is 1.55 bits per heavy atom. The number of rotatable bonds is 8. The van der Waals surface area contributed by atoms with E-state index in [2.05, 4.69) is 6.58 Å². The van der Waals surface area contributed by atoms with E-state index in [-0.39, 0.29) is 36.5 Å². The van der Waals surface area contributed by atoms with Crippen LogP contribution in [-0.2, 0) is 14.3 Å². The van der Waals surface area contributed by atoms with Gasteiger partial charge in [0.05, 0.1) is 16.4 Å². The number of aliphatic hydroxyl groups is 2. The molecule has 38 heavy (non-hydrogen) atoms. The van der Waals surface area contributed by atoms with E-state index in [1.165, 1.54) is 0 Å². The van der Waals surface area contributed by atoms with Crippen LogP contribution in [0.15, 0.2) is 71.4 Å². The summed E-state index contributed by atoms with van der Waals surface area (Å²) >= 11 is 0. The smallest absolute Gasteiger partial charge is 0.193 e. The predicted octanol–water partition coefficient (Wildman–Crippen LogP) is 7.04. The van der Waals surface area contributed by atoms with Crippen molar-refractivity contribution >= 4 is 17.3 Å². The molecular formula is C33H42O5. The monoisotopic (exact) mass is 518 g/mol. The minimum atomic E-state index is -2.00. The number of benzene rings is 1. The Hall–Kier alpha value is -2.76. The van der Waals surface area contributed by atoms with Crippen molar-refractivity contribution in [1.29, 1.82) is 0 Å². The summed E-state index contributed by atoms with van der Waals surface area (Å²) in [5.41, 5.74) is -0.378. The molecule has 3 aliphatic rings. The Bertz CT molecular complexity index is 1250. The van der Waals surface area contributed by atoms with Crippen molar-refractivity contribution in [1.82, 2.24) is 0 Å². The van der Waals surface area contributed by atoms with Gasteiger partial charge in [0.15, 0.2) is 17.4 Å². The molecule has 4 rings (SSSR count). The third-order valence-corrected chi connectivity index (χ3v) is 9.03. The molecule has 0 aromatic heterocycles. The number of fused-ring (bicyclic) bond motifs is 1. The van der Waals surface area contributed by atoms with Crippen LogP contribution < -0.4 is 0 Å². The van der Waals surface area contributed by atoms with Crippen molar-refractivity contribution in [3.05, 3.63) is 76.9 Å². The van der Waals surface area contributed by atoms with Gasteiger partial charge in [-0.3, -0.25) is 9.59 Å². The van der Waals surface area contributed by atoms with Crippen LogP contribution in [0.5, 0.6) is 0 Å². The molecule has 0 spiro atoms. The Morgan fingerprint density at radius 3 is 2.11 bits per heavy atom. The number of ketones is 2. The third-order valence-electron chi connectivity index (χ3n) is 9.03. The second-order valence-electron chi connectivity index (χ2n) is 12.5. The minimum absolute atomic E-state index is 0.0754. The number of hydrogen-bond acceptors (Lipinski definition) is 5. The highest BCUT2D eigenvalue weighted by atomic mass is 16.7. The molecule has 3 fully saturated rings. The lowest BCUT2D eigenvalue weighted by molar-refractivity contribution is -0.339. The fourth-order valence-corrected chi connectivity index (χ4v) is 6.97. The van der Waals surface area contributed by atoms with Crippen LogP contribution in [0.25, 0.3) is 5.76 Å². The van der Waals surface area contributed by atoms with E-state index in [4.69, 9.17) is 4.74 Å². The summed E-state index contributed by atoms with van der Waals surface area (Å²) in [6.07, 6.45) is 6.49. The van der Waals surface area contributed by atoms with Crippen molar-refractivity contribution in [2.24, 2.45) is 16.7 Å². The molecule has 1 saturated carbocycles. The van der Waals surface area contributed by atoms with E-state index in [1.807, 2.05) is 59.8 Å². The largest absolute Gasteiger partial charge is 0.506 e. The van der Waals surface area contributed by atoms with E-state index >= 15 is 0 Å². The molecule has 1 aromatic rings. The van der Waals surface area contributed by atoms with Crippen molar-refractivity contribution in [3.8, 4) is 0 Å². The predicted molar refractivity (Wildman–Crippen MR) is 150 cm³/mol. The second-order valence-corrected chi connectivity index (χ2v) is 12.5. The highest BCUT2D eigenvalue weighted by molar-refractivity contribution is 6.30. The number of carbonyl (C=O) groups excluding carboxylic acids is 2. The highest BCUT2D eigenvalue weighted by Crippen LogP contribution is 2.72. The summed E-state index contributed by atoms with van der Waals surface area (Å²) in [6, 6.07) is 8.72. The molecule has 1 aliphatic carbocycles. The van der Waals surface area contributed by atoms with E-state index in [9.17, 15) is 19.8 Å². The van der Waals surface area contributed by atoms with Crippen LogP contribution in [0.1, 0.15) is 85.6 Å². The number of Topliss-reactive ketones (excluding diaryl/α,β-unsaturated/α-hetero) is 2. The van der Waals surface area contributed by atoms with Gasteiger partial charge in [0.25, 0.3) is 0 Å². The van der Waals surface area contributed by atoms with Crippen LogP contribution in [0.3, 0.4) is 0 Å². The topological polar surface area (TPSA) is 83.8 Å². The van der Waals surface area contributed by atoms with Crippen molar-refractivity contribution in [2.45, 2.75) is 91.5 Å². The number of allylic oxidation sites excluding steroid dienone is 6. The van der Waals surface area contributed by atoms with Gasteiger partial charge in [0.1, 0.15) is 11.3 Å². The lowest BCUT2D eigenvalue weighted by Crippen LogP contribution is -2.70. The zero-order chi connectivity index (χ0) is 28.1. The van der Waals surface area contributed by atoms with Gasteiger partial charge in [-0.15, -0.1) is 6.58 Å². The maximum Gasteiger partial charge on any atom is 0.193 e. The molecule has 204 valence electrons. The number of ether oxygens (including phenoxy) is 1. The van der Waals surface area contributed by atoms with Crippen molar-refractivity contribution in [2.75, 3.05) is 0 Å². The first-order valence-corrected chi connectivity index (χ1v) is 13.6. The van der Waals surface area contributed by atoms with E-state index in [1.54, 1.807) is 24.3 Å². The highest BCUT2D eigenvalue weighted by Gasteiger charge is 2.82. The quantitative estimate of drug-likeness (QED) is 0.167. The molecule has 5 nitrogen and oxygen atoms in total. The first-order valence-electron chi connectivity index (χ1n) is 13.6. The van der Waals surface area contributed by atoms with Gasteiger partial charge in [-0.2, -0.15) is 0 Å². The molecule has 5 atom stereocenters. The van der Waals surface area contributed by atoms with Gasteiger partial charge in [-0.1, -0.05) is 59.2 Å². The van der Waals surface area contributed by atoms with Crippen LogP contribution in [-0.4, -0.2) is 33.2 Å². The normalized spacial score (nSPS) is 35.1. The first kappa shape index (κ1) is 28.3. The van der Waals surface area contributed by atoms with Crippen LogP contribution in [0, 0.1) is 16.7 Å². The summed E-state index contributed by atoms with van der Waals surface area (Å²) in [4.78, 5) is 29.2. The van der Waals surface area contributed by atoms with Gasteiger partial charge in [-0.05, 0) is 86.0 Å². The summed E-state index contributed by atoms with van der Waals surface area (Å²) < 4.78 is 6.65. The zero-order valence-electron chi connectivity index (χ0n) is 23.7. The van der Waals surface area contributed by atoms with E-state index in [0.29, 0.717) is 12.0 Å². The number of carbonyl (C=O) groups is 2. The fourth-order valence-electron chi connectivity index (χ4n) is 6.97. The fraction of sp³-hybridized carbons (Fsp3) is 0.515. The number of aliphatic hydroxyl groups excluding tert-OH is 1. The maximum atomic E-state index is 14.6. The average molecular weight is 519 g/mol. The first-order chi connectivity index (χ1) is 17.7. The third kappa shape index (κ3) is 4.15. The molecule has 1 aromatic carbocycles. The molecule has 0 amide bonds. The zero-order valence-corrected chi connectivity index (χ0v) is 23.7. The minimum Gasteiger partial charge on any atom is -0.506 e. The van der Waals surface area contributed by atoms with Gasteiger partial charge >= 0.3 is 0 Å². The Morgan fingerprint density at radius 1 is 1.00 bits per heavy atom. The van der Waals surface area contributed by atoms with Crippen LogP contribution >= 0.6 is 0 Å². The summed E-state index contributed by atoms with van der Waals surface area (Å²) in [6.45, 7) is 15.8. The summed E-state index contributed by atoms with van der Waals surface area (Å²) in [5, 5.41) is 24.1. The average Bonchev–Trinajstić information content (AvgIpc) is 3.08. The molecule has 2 bridgehead atoms. The van der Waals surface area contributed by atoms with Crippen molar-refractivity contribution in [3.63, 3.8) is 0 Å². The van der Waals surface area contributed by atoms with Crippen LogP contribution in [0.2, 0.25) is 0 Å². The molecule has 5 unspecified atom stereocenters. The van der Waals surface area contributed by atoms with Gasteiger partial charge in [0.2, 0.25) is 0 Å². The lowest BCUT2D eigenvalue weighted by Gasteiger charge is -2.58. The summed E-state index contributed by atoms with van der Waals surface area (Å²) in [7, 11) is 0. The van der Waals surface area contributed by atoms with Gasteiger partial charge in [-0.25, -0.2) is 0 Å². The second kappa shape index (κ2) is 9.77. The molecule has 5 heteroatoms. The number of hydrogen-bond donors (Lipinski definition) is 2. The molecule has 2 heterocycles. The standard InChI is InChI=1S/C33H42O5/c1-21(2)13-14-25-19-31(17-15-22(3)4)28(35)26(27(34)24-11-9-8-10-12-24)29(36)32(18-16-23(5)6)20-30(25,7)38-33(31,32)37/h8-12,15-16,25,34,37H,1,13-14,17-20H2,2-7H3. The Balaban J connectivity index is 2.04. The lowest BCUT2D eigenvalue weighted by atomic mass is 9.51. The molecular weight excluding hydrogens is 476 g/mol. The Kier molecular flexibility index (Phi) is 7.26. The van der Waals surface area contributed by atoms with Gasteiger partial charge < -0.3 is 14.9 Å². The molecule has 0 radical (unpaired) electrons. The molecule has 2 N–H and O–H groups in total. The van der Waals surface area contributed by atoms with Crippen molar-refractivity contribution < 1.29 is 24.5 Å². The Labute approximate surface area is 227 Å².